The summed E-state index contributed by atoms with van der Waals surface area (Å²) < 4.78 is 0. The molecule has 1 heterocycles. The van der Waals surface area contributed by atoms with Gasteiger partial charge in [0.1, 0.15) is 0 Å². The predicted octanol–water partition coefficient (Wildman–Crippen LogP) is 0.668. The van der Waals surface area contributed by atoms with E-state index in [2.05, 4.69) is 18.7 Å². The lowest BCUT2D eigenvalue weighted by Gasteiger charge is -2.26. The van der Waals surface area contributed by atoms with Crippen LogP contribution >= 0.6 is 0 Å². The number of nitrogens with zero attached hydrogens (tertiary/aromatic N) is 2. The van der Waals surface area contributed by atoms with Crippen molar-refractivity contribution in [3.05, 3.63) is 0 Å². The molecule has 0 aromatic carbocycles. The number of likely N-dealkylation sites (tertiary alicyclic amines) is 1. The van der Waals surface area contributed by atoms with E-state index in [0.717, 1.165) is 39.0 Å². The Bertz CT molecular complexity index is 216. The van der Waals surface area contributed by atoms with Gasteiger partial charge >= 0.3 is 0 Å². The molecule has 94 valence electrons. The SMILES string of the molecule is CCN(CC)C1CCN(C(=O)CCCN)C1. The minimum atomic E-state index is 0.278. The van der Waals surface area contributed by atoms with Crippen LogP contribution in [0.2, 0.25) is 0 Å². The molecule has 0 aromatic heterocycles. The van der Waals surface area contributed by atoms with Gasteiger partial charge in [0, 0.05) is 25.6 Å². The molecular weight excluding hydrogens is 202 g/mol. The topological polar surface area (TPSA) is 49.6 Å². The third-order valence-electron chi connectivity index (χ3n) is 3.44. The first-order valence-electron chi connectivity index (χ1n) is 6.44. The maximum atomic E-state index is 11.8. The summed E-state index contributed by atoms with van der Waals surface area (Å²) in [6, 6.07) is 0.567. The molecule has 0 radical (unpaired) electrons. The van der Waals surface area contributed by atoms with Gasteiger partial charge in [-0.15, -0.1) is 0 Å². The number of carbonyl (C=O) groups is 1. The maximum Gasteiger partial charge on any atom is 0.222 e. The molecule has 1 aliphatic rings. The summed E-state index contributed by atoms with van der Waals surface area (Å²) in [7, 11) is 0. The zero-order valence-electron chi connectivity index (χ0n) is 10.6. The molecular formula is C12H25N3O. The maximum absolute atomic E-state index is 11.8. The van der Waals surface area contributed by atoms with Gasteiger partial charge in [-0.3, -0.25) is 9.69 Å². The van der Waals surface area contributed by atoms with Gasteiger partial charge in [0.25, 0.3) is 0 Å². The Kier molecular flexibility index (Phi) is 5.77. The van der Waals surface area contributed by atoms with Crippen LogP contribution in [-0.4, -0.2) is 54.5 Å². The van der Waals surface area contributed by atoms with E-state index in [1.54, 1.807) is 0 Å². The van der Waals surface area contributed by atoms with Crippen LogP contribution in [0.5, 0.6) is 0 Å². The van der Waals surface area contributed by atoms with E-state index in [0.29, 0.717) is 19.0 Å². The monoisotopic (exact) mass is 227 g/mol. The van der Waals surface area contributed by atoms with E-state index in [1.165, 1.54) is 0 Å². The largest absolute Gasteiger partial charge is 0.341 e. The average molecular weight is 227 g/mol. The number of likely N-dealkylation sites (N-methyl/N-ethyl adjacent to an activating group) is 1. The van der Waals surface area contributed by atoms with Crippen LogP contribution in [0.1, 0.15) is 33.1 Å². The fourth-order valence-electron chi connectivity index (χ4n) is 2.42. The fourth-order valence-corrected chi connectivity index (χ4v) is 2.42. The molecule has 0 aromatic rings. The number of amides is 1. The first-order chi connectivity index (χ1) is 7.72. The van der Waals surface area contributed by atoms with Gasteiger partial charge in [-0.2, -0.15) is 0 Å². The molecule has 0 bridgehead atoms. The van der Waals surface area contributed by atoms with E-state index >= 15 is 0 Å². The number of rotatable bonds is 6. The van der Waals surface area contributed by atoms with E-state index in [4.69, 9.17) is 5.73 Å². The Morgan fingerprint density at radius 2 is 2.12 bits per heavy atom. The van der Waals surface area contributed by atoms with Crippen LogP contribution in [0.15, 0.2) is 0 Å². The molecule has 1 unspecified atom stereocenters. The standard InChI is InChI=1S/C12H25N3O/c1-3-14(4-2)11-7-9-15(10-11)12(16)6-5-8-13/h11H,3-10,13H2,1-2H3. The number of nitrogens with two attached hydrogens (primary N) is 1. The first-order valence-corrected chi connectivity index (χ1v) is 6.44. The Labute approximate surface area is 98.8 Å². The van der Waals surface area contributed by atoms with Crippen molar-refractivity contribution >= 4 is 5.91 Å². The Balaban J connectivity index is 2.36. The van der Waals surface area contributed by atoms with Crippen molar-refractivity contribution in [3.8, 4) is 0 Å². The number of hydrogen-bond acceptors (Lipinski definition) is 3. The third kappa shape index (κ3) is 3.46. The highest BCUT2D eigenvalue weighted by Crippen LogP contribution is 2.16. The van der Waals surface area contributed by atoms with Gasteiger partial charge in [-0.1, -0.05) is 13.8 Å². The lowest BCUT2D eigenvalue weighted by atomic mass is 10.2. The molecule has 16 heavy (non-hydrogen) atoms. The van der Waals surface area contributed by atoms with Gasteiger partial charge in [0.15, 0.2) is 0 Å². The molecule has 1 rings (SSSR count). The van der Waals surface area contributed by atoms with Gasteiger partial charge < -0.3 is 10.6 Å². The van der Waals surface area contributed by atoms with E-state index in [1.807, 2.05) is 4.90 Å². The van der Waals surface area contributed by atoms with Crippen molar-refractivity contribution in [2.45, 2.75) is 39.2 Å². The summed E-state index contributed by atoms with van der Waals surface area (Å²) in [6.07, 6.45) is 2.54. The van der Waals surface area contributed by atoms with Crippen LogP contribution in [0.25, 0.3) is 0 Å². The highest BCUT2D eigenvalue weighted by molar-refractivity contribution is 5.76. The van der Waals surface area contributed by atoms with Crippen LogP contribution in [0.4, 0.5) is 0 Å². The fraction of sp³-hybridized carbons (Fsp3) is 0.917. The second-order valence-corrected chi connectivity index (χ2v) is 4.40. The lowest BCUT2D eigenvalue weighted by Crippen LogP contribution is -2.38. The molecule has 1 fully saturated rings. The van der Waals surface area contributed by atoms with Gasteiger partial charge in [-0.05, 0) is 32.5 Å². The quantitative estimate of drug-likeness (QED) is 0.725. The Morgan fingerprint density at radius 3 is 2.69 bits per heavy atom. The van der Waals surface area contributed by atoms with Crippen molar-refractivity contribution in [1.29, 1.82) is 0 Å². The third-order valence-corrected chi connectivity index (χ3v) is 3.44. The summed E-state index contributed by atoms with van der Waals surface area (Å²) >= 11 is 0. The second kappa shape index (κ2) is 6.86. The highest BCUT2D eigenvalue weighted by atomic mass is 16.2. The molecule has 1 atom stereocenters. The molecule has 0 saturated carbocycles. The zero-order chi connectivity index (χ0) is 12.0. The van der Waals surface area contributed by atoms with Crippen molar-refractivity contribution in [1.82, 2.24) is 9.80 Å². The van der Waals surface area contributed by atoms with Crippen LogP contribution in [-0.2, 0) is 4.79 Å². The second-order valence-electron chi connectivity index (χ2n) is 4.40. The van der Waals surface area contributed by atoms with Crippen molar-refractivity contribution in [3.63, 3.8) is 0 Å². The normalized spacial score (nSPS) is 20.8. The number of hydrogen-bond donors (Lipinski definition) is 1. The summed E-state index contributed by atoms with van der Waals surface area (Å²) in [5.41, 5.74) is 5.42. The Morgan fingerprint density at radius 1 is 1.44 bits per heavy atom. The molecule has 0 aliphatic carbocycles. The summed E-state index contributed by atoms with van der Waals surface area (Å²) in [4.78, 5) is 16.2. The Hall–Kier alpha value is -0.610. The smallest absolute Gasteiger partial charge is 0.222 e. The van der Waals surface area contributed by atoms with E-state index in [-0.39, 0.29) is 5.91 Å². The predicted molar refractivity (Wildman–Crippen MR) is 66.2 cm³/mol. The minimum absolute atomic E-state index is 0.278. The molecule has 4 heteroatoms. The van der Waals surface area contributed by atoms with Crippen LogP contribution in [0, 0.1) is 0 Å². The summed E-state index contributed by atoms with van der Waals surface area (Å²) in [5.74, 6) is 0.278. The van der Waals surface area contributed by atoms with Crippen molar-refractivity contribution in [2.24, 2.45) is 5.73 Å². The summed E-state index contributed by atoms with van der Waals surface area (Å²) in [5, 5.41) is 0. The molecule has 2 N–H and O–H groups in total. The van der Waals surface area contributed by atoms with Crippen LogP contribution < -0.4 is 5.73 Å². The molecule has 4 nitrogen and oxygen atoms in total. The summed E-state index contributed by atoms with van der Waals surface area (Å²) in [6.45, 7) is 8.96. The zero-order valence-corrected chi connectivity index (χ0v) is 10.6. The minimum Gasteiger partial charge on any atom is -0.341 e. The highest BCUT2D eigenvalue weighted by Gasteiger charge is 2.28. The van der Waals surface area contributed by atoms with Gasteiger partial charge in [0.05, 0.1) is 0 Å². The van der Waals surface area contributed by atoms with Crippen molar-refractivity contribution < 1.29 is 4.79 Å². The molecule has 1 saturated heterocycles. The lowest BCUT2D eigenvalue weighted by molar-refractivity contribution is -0.130. The number of carbonyl (C=O) groups excluding carboxylic acids is 1. The van der Waals surface area contributed by atoms with E-state index in [9.17, 15) is 4.79 Å². The van der Waals surface area contributed by atoms with Crippen LogP contribution in [0.3, 0.4) is 0 Å². The molecule has 1 aliphatic heterocycles. The van der Waals surface area contributed by atoms with Gasteiger partial charge in [-0.25, -0.2) is 0 Å². The van der Waals surface area contributed by atoms with Crippen molar-refractivity contribution in [2.75, 3.05) is 32.7 Å². The first kappa shape index (κ1) is 13.5. The van der Waals surface area contributed by atoms with E-state index < -0.39 is 0 Å². The molecule has 1 amide bonds. The van der Waals surface area contributed by atoms with Gasteiger partial charge in [0.2, 0.25) is 5.91 Å². The average Bonchev–Trinajstić information content (AvgIpc) is 2.77. The molecule has 0 spiro atoms.